The minimum absolute atomic E-state index is 0.419. The summed E-state index contributed by atoms with van der Waals surface area (Å²) in [6.07, 6.45) is 2.54. The van der Waals surface area contributed by atoms with Gasteiger partial charge in [0, 0.05) is 26.8 Å². The first-order valence-electron chi connectivity index (χ1n) is 4.86. The van der Waals surface area contributed by atoms with Crippen LogP contribution >= 0.6 is 11.6 Å². The zero-order valence-corrected chi connectivity index (χ0v) is 10.3. The van der Waals surface area contributed by atoms with E-state index in [0.717, 1.165) is 11.8 Å². The monoisotopic (exact) mass is 256 g/mol. The van der Waals surface area contributed by atoms with E-state index >= 15 is 0 Å². The first kappa shape index (κ1) is 13.2. The number of aromatic nitrogens is 1. The first-order valence-corrected chi connectivity index (χ1v) is 5.24. The first-order chi connectivity index (χ1) is 7.99. The lowest BCUT2D eigenvalue weighted by atomic mass is 10.3. The highest BCUT2D eigenvalue weighted by molar-refractivity contribution is 6.29. The topological polar surface area (TPSA) is 71.3 Å². The lowest BCUT2D eigenvalue weighted by Crippen LogP contribution is -2.26. The zero-order chi connectivity index (χ0) is 12.8. The van der Waals surface area contributed by atoms with Gasteiger partial charge in [-0.3, -0.25) is 10.1 Å². The Morgan fingerprint density at radius 1 is 1.65 bits per heavy atom. The second-order valence-corrected chi connectivity index (χ2v) is 3.92. The normalized spacial score (nSPS) is 11.1. The van der Waals surface area contributed by atoms with Crippen molar-refractivity contribution in [3.63, 3.8) is 0 Å². The van der Waals surface area contributed by atoms with Crippen molar-refractivity contribution in [2.75, 3.05) is 14.1 Å². The lowest BCUT2D eigenvalue weighted by molar-refractivity contribution is -0.404. The summed E-state index contributed by atoms with van der Waals surface area (Å²) in [7, 11) is 3.45. The summed E-state index contributed by atoms with van der Waals surface area (Å²) < 4.78 is 0. The maximum Gasteiger partial charge on any atom is 0.274 e. The minimum atomic E-state index is -0.498. The Kier molecular flexibility index (Phi) is 4.71. The molecule has 1 heterocycles. The second kappa shape index (κ2) is 6.05. The number of nitro groups is 1. The molecule has 0 aromatic carbocycles. The molecule has 0 atom stereocenters. The summed E-state index contributed by atoms with van der Waals surface area (Å²) in [4.78, 5) is 15.5. The van der Waals surface area contributed by atoms with Crippen LogP contribution in [0.15, 0.2) is 30.4 Å². The molecule has 0 aliphatic rings. The van der Waals surface area contributed by atoms with Crippen molar-refractivity contribution < 1.29 is 4.92 Å². The van der Waals surface area contributed by atoms with Crippen LogP contribution in [-0.4, -0.2) is 28.9 Å². The largest absolute Gasteiger partial charge is 0.362 e. The van der Waals surface area contributed by atoms with Gasteiger partial charge in [-0.25, -0.2) is 4.98 Å². The van der Waals surface area contributed by atoms with E-state index in [9.17, 15) is 10.1 Å². The predicted molar refractivity (Wildman–Crippen MR) is 64.9 cm³/mol. The molecular formula is C10H13ClN4O2. The molecule has 0 bridgehead atoms. The second-order valence-electron chi connectivity index (χ2n) is 3.54. The Balaban J connectivity index is 2.64. The minimum Gasteiger partial charge on any atom is -0.362 e. The highest BCUT2D eigenvalue weighted by atomic mass is 35.5. The van der Waals surface area contributed by atoms with Crippen LogP contribution in [0, 0.1) is 10.1 Å². The molecule has 7 heteroatoms. The van der Waals surface area contributed by atoms with Gasteiger partial charge in [-0.2, -0.15) is 0 Å². The quantitative estimate of drug-likeness (QED) is 0.491. The highest BCUT2D eigenvalue weighted by Crippen LogP contribution is 2.05. The van der Waals surface area contributed by atoms with E-state index in [1.165, 1.54) is 0 Å². The van der Waals surface area contributed by atoms with E-state index in [-0.39, 0.29) is 0 Å². The van der Waals surface area contributed by atoms with Gasteiger partial charge in [0.2, 0.25) is 0 Å². The van der Waals surface area contributed by atoms with E-state index in [2.05, 4.69) is 10.3 Å². The summed E-state index contributed by atoms with van der Waals surface area (Å²) in [5, 5.41) is 13.8. The summed E-state index contributed by atoms with van der Waals surface area (Å²) >= 11 is 5.65. The van der Waals surface area contributed by atoms with E-state index in [0.29, 0.717) is 17.5 Å². The number of rotatable bonds is 5. The average molecular weight is 257 g/mol. The average Bonchev–Trinajstić information content (AvgIpc) is 2.25. The molecule has 6 nitrogen and oxygen atoms in total. The fraction of sp³-hybridized carbons (Fsp3) is 0.300. The smallest absolute Gasteiger partial charge is 0.274 e. The van der Waals surface area contributed by atoms with Crippen LogP contribution < -0.4 is 5.32 Å². The number of hydrogen-bond donors (Lipinski definition) is 1. The van der Waals surface area contributed by atoms with Crippen molar-refractivity contribution in [1.29, 1.82) is 0 Å². The molecule has 0 saturated heterocycles. The third-order valence-corrected chi connectivity index (χ3v) is 2.20. The van der Waals surface area contributed by atoms with Gasteiger partial charge in [0.25, 0.3) is 6.20 Å². The molecule has 0 fully saturated rings. The number of pyridine rings is 1. The van der Waals surface area contributed by atoms with E-state index in [1.807, 2.05) is 6.07 Å². The molecule has 1 N–H and O–H groups in total. The summed E-state index contributed by atoms with van der Waals surface area (Å²) in [5.41, 5.74) is 0.894. The molecule has 1 rings (SSSR count). The van der Waals surface area contributed by atoms with Crippen LogP contribution in [0.25, 0.3) is 0 Å². The van der Waals surface area contributed by atoms with Gasteiger partial charge in [-0.15, -0.1) is 0 Å². The van der Waals surface area contributed by atoms with Crippen molar-refractivity contribution >= 4 is 11.6 Å². The fourth-order valence-electron chi connectivity index (χ4n) is 1.12. The van der Waals surface area contributed by atoms with Gasteiger partial charge >= 0.3 is 0 Å². The fourth-order valence-corrected chi connectivity index (χ4v) is 1.23. The standard InChI is InChI=1S/C10H13ClN4O2/c1-14(2)10(7-15(16)17)13-6-8-3-4-9(11)12-5-8/h3-5,7,13H,6H2,1-2H3/b10-7-. The Morgan fingerprint density at radius 3 is 2.82 bits per heavy atom. The molecule has 0 aliphatic heterocycles. The van der Waals surface area contributed by atoms with Crippen LogP contribution in [0.2, 0.25) is 5.15 Å². The molecule has 92 valence electrons. The van der Waals surface area contributed by atoms with Crippen LogP contribution in [0.4, 0.5) is 0 Å². The third kappa shape index (κ3) is 4.69. The van der Waals surface area contributed by atoms with Crippen molar-refractivity contribution in [1.82, 2.24) is 15.2 Å². The molecule has 1 aromatic heterocycles. The number of nitrogens with zero attached hydrogens (tertiary/aromatic N) is 3. The van der Waals surface area contributed by atoms with Crippen LogP contribution in [0.3, 0.4) is 0 Å². The van der Waals surface area contributed by atoms with Gasteiger partial charge in [0.1, 0.15) is 5.15 Å². The van der Waals surface area contributed by atoms with E-state index in [4.69, 9.17) is 11.6 Å². The van der Waals surface area contributed by atoms with Crippen molar-refractivity contribution in [3.8, 4) is 0 Å². The summed E-state index contributed by atoms with van der Waals surface area (Å²) in [5.74, 6) is 0.421. The predicted octanol–water partition coefficient (Wildman–Crippen LogP) is 1.46. The van der Waals surface area contributed by atoms with Crippen molar-refractivity contribution in [2.45, 2.75) is 6.54 Å². The van der Waals surface area contributed by atoms with E-state index < -0.39 is 4.92 Å². The maximum absolute atomic E-state index is 10.4. The summed E-state index contributed by atoms with van der Waals surface area (Å²) in [6, 6.07) is 3.48. The Hall–Kier alpha value is -1.82. The van der Waals surface area contributed by atoms with Gasteiger partial charge in [0.05, 0.1) is 4.92 Å². The Bertz CT molecular complexity index is 417. The number of halogens is 1. The van der Waals surface area contributed by atoms with Crippen molar-refractivity contribution in [3.05, 3.63) is 51.2 Å². The van der Waals surface area contributed by atoms with Gasteiger partial charge < -0.3 is 10.2 Å². The molecule has 0 unspecified atom stereocenters. The van der Waals surface area contributed by atoms with Crippen LogP contribution in [0.5, 0.6) is 0 Å². The van der Waals surface area contributed by atoms with Gasteiger partial charge in [-0.05, 0) is 11.6 Å². The maximum atomic E-state index is 10.4. The molecular weight excluding hydrogens is 244 g/mol. The summed E-state index contributed by atoms with van der Waals surface area (Å²) in [6.45, 7) is 0.446. The SMILES string of the molecule is CN(C)/C(=C\[N+](=O)[O-])NCc1ccc(Cl)nc1. The molecule has 0 spiro atoms. The molecule has 0 amide bonds. The molecule has 1 aromatic rings. The number of hydrogen-bond acceptors (Lipinski definition) is 5. The van der Waals surface area contributed by atoms with E-state index in [1.54, 1.807) is 31.3 Å². The number of nitrogens with one attached hydrogen (secondary N) is 1. The van der Waals surface area contributed by atoms with Gasteiger partial charge in [-0.1, -0.05) is 17.7 Å². The van der Waals surface area contributed by atoms with Crippen molar-refractivity contribution in [2.24, 2.45) is 0 Å². The van der Waals surface area contributed by atoms with Gasteiger partial charge in [0.15, 0.2) is 5.82 Å². The molecule has 0 aliphatic carbocycles. The molecule has 17 heavy (non-hydrogen) atoms. The lowest BCUT2D eigenvalue weighted by Gasteiger charge is -2.16. The van der Waals surface area contributed by atoms with Crippen LogP contribution in [-0.2, 0) is 6.54 Å². The molecule has 0 radical (unpaired) electrons. The highest BCUT2D eigenvalue weighted by Gasteiger charge is 2.05. The van der Waals surface area contributed by atoms with Crippen LogP contribution in [0.1, 0.15) is 5.56 Å². The Morgan fingerprint density at radius 2 is 2.35 bits per heavy atom. The third-order valence-electron chi connectivity index (χ3n) is 1.97. The zero-order valence-electron chi connectivity index (χ0n) is 9.55. The molecule has 0 saturated carbocycles. The Labute approximate surface area is 104 Å².